The van der Waals surface area contributed by atoms with Crippen LogP contribution in [0.5, 0.6) is 0 Å². The molecule has 122 valence electrons. The third kappa shape index (κ3) is 3.59. The van der Waals surface area contributed by atoms with Crippen molar-refractivity contribution in [3.8, 4) is 0 Å². The minimum atomic E-state index is -1.04. The molecule has 1 aromatic carbocycles. The minimum absolute atomic E-state index is 0.549. The number of carbonyl (C=O) groups is 3. The molecule has 0 radical (unpaired) electrons. The molecule has 0 saturated heterocycles. The molecule has 0 fully saturated rings. The van der Waals surface area contributed by atoms with Crippen LogP contribution in [-0.4, -0.2) is 35.3 Å². The Bertz CT molecular complexity index is 673. The number of Topliss-reactive ketones (excluding diaryl/α,β-unsaturated/α-hetero) is 1. The van der Waals surface area contributed by atoms with Gasteiger partial charge in [-0.15, -0.1) is 0 Å². The van der Waals surface area contributed by atoms with Crippen molar-refractivity contribution in [1.29, 1.82) is 0 Å². The quantitative estimate of drug-likeness (QED) is 0.849. The molecule has 1 atom stereocenters. The number of rotatable bonds is 2. The summed E-state index contributed by atoms with van der Waals surface area (Å²) >= 11 is 0. The highest BCUT2D eigenvalue weighted by Crippen LogP contribution is 2.31. The third-order valence-corrected chi connectivity index (χ3v) is 3.33. The van der Waals surface area contributed by atoms with Gasteiger partial charge in [0.25, 0.3) is 5.91 Å². The number of hydrogen-bond acceptors (Lipinski definition) is 4. The molecule has 1 unspecified atom stereocenters. The van der Waals surface area contributed by atoms with E-state index in [2.05, 4.69) is 5.32 Å². The first-order valence-corrected chi connectivity index (χ1v) is 7.24. The summed E-state index contributed by atoms with van der Waals surface area (Å²) in [5.41, 5.74) is 0.830. The molecule has 1 aliphatic rings. The van der Waals surface area contributed by atoms with Crippen LogP contribution < -0.4 is 5.32 Å². The highest BCUT2D eigenvalue weighted by Gasteiger charge is 2.38. The van der Waals surface area contributed by atoms with Crippen molar-refractivity contribution in [3.05, 3.63) is 41.6 Å². The fourth-order valence-electron chi connectivity index (χ4n) is 2.37. The molecule has 0 spiro atoms. The van der Waals surface area contributed by atoms with E-state index in [0.717, 1.165) is 10.5 Å². The predicted octanol–water partition coefficient (Wildman–Crippen LogP) is 2.26. The molecule has 1 N–H and O–H groups in total. The minimum Gasteiger partial charge on any atom is -0.452 e. The van der Waals surface area contributed by atoms with Gasteiger partial charge in [0.05, 0.1) is 7.11 Å². The maximum atomic E-state index is 12.7. The van der Waals surface area contributed by atoms with Gasteiger partial charge in [-0.3, -0.25) is 14.5 Å². The lowest BCUT2D eigenvalue weighted by Gasteiger charge is -2.31. The monoisotopic (exact) mass is 316 g/mol. The molecular weight excluding hydrogens is 296 g/mol. The van der Waals surface area contributed by atoms with E-state index in [1.165, 1.54) is 13.3 Å². The second-order valence-electron chi connectivity index (χ2n) is 6.29. The van der Waals surface area contributed by atoms with E-state index in [1.807, 2.05) is 12.1 Å². The smallest absolute Gasteiger partial charge is 0.414 e. The van der Waals surface area contributed by atoms with Gasteiger partial charge in [-0.05, 0) is 38.0 Å². The number of ketones is 1. The first kappa shape index (κ1) is 16.7. The Balaban J connectivity index is 2.41. The second kappa shape index (κ2) is 6.24. The van der Waals surface area contributed by atoms with Crippen molar-refractivity contribution < 1.29 is 19.1 Å². The number of amides is 2. The largest absolute Gasteiger partial charge is 0.452 e. The molecule has 0 bridgehead atoms. The van der Waals surface area contributed by atoms with Crippen LogP contribution in [0.15, 0.2) is 30.5 Å². The fraction of sp³-hybridized carbons (Fsp3) is 0.353. The van der Waals surface area contributed by atoms with Crippen molar-refractivity contribution in [3.63, 3.8) is 0 Å². The topological polar surface area (TPSA) is 75.7 Å². The van der Waals surface area contributed by atoms with Gasteiger partial charge in [0, 0.05) is 11.7 Å². The molecule has 0 aromatic heterocycles. The standard InChI is InChI=1S/C17H20N2O4/c1-17(2,3)18-15(21)14(20)13-12-8-6-5-7-11(12)9-10-19(13)16(22)23-4/h5-10,13H,1-4H3,(H,18,21). The van der Waals surface area contributed by atoms with Crippen LogP contribution in [0.3, 0.4) is 0 Å². The van der Waals surface area contributed by atoms with Crippen LogP contribution in [0.4, 0.5) is 4.79 Å². The molecule has 1 aliphatic heterocycles. The number of methoxy groups -OCH3 is 1. The zero-order valence-electron chi connectivity index (χ0n) is 13.6. The lowest BCUT2D eigenvalue weighted by Crippen LogP contribution is -2.49. The van der Waals surface area contributed by atoms with E-state index < -0.39 is 29.4 Å². The molecule has 6 heteroatoms. The van der Waals surface area contributed by atoms with Gasteiger partial charge in [0.15, 0.2) is 0 Å². The molecule has 1 heterocycles. The first-order chi connectivity index (χ1) is 10.7. The molecule has 2 amide bonds. The SMILES string of the molecule is COC(=O)N1C=Cc2ccccc2C1C(=O)C(=O)NC(C)(C)C. The van der Waals surface area contributed by atoms with Crippen molar-refractivity contribution in [2.24, 2.45) is 0 Å². The van der Waals surface area contributed by atoms with E-state index in [1.54, 1.807) is 39.0 Å². The number of ether oxygens (including phenoxy) is 1. The second-order valence-corrected chi connectivity index (χ2v) is 6.29. The van der Waals surface area contributed by atoms with Crippen molar-refractivity contribution in [2.45, 2.75) is 32.4 Å². The van der Waals surface area contributed by atoms with Gasteiger partial charge >= 0.3 is 6.09 Å². The predicted molar refractivity (Wildman–Crippen MR) is 85.4 cm³/mol. The normalized spacial score (nSPS) is 16.5. The Morgan fingerprint density at radius 1 is 1.17 bits per heavy atom. The lowest BCUT2D eigenvalue weighted by atomic mass is 9.92. The number of benzene rings is 1. The first-order valence-electron chi connectivity index (χ1n) is 7.24. The number of nitrogens with zero attached hydrogens (tertiary/aromatic N) is 1. The van der Waals surface area contributed by atoms with Crippen LogP contribution in [0, 0.1) is 0 Å². The number of hydrogen-bond donors (Lipinski definition) is 1. The Kier molecular flexibility index (Phi) is 4.54. The van der Waals surface area contributed by atoms with Gasteiger partial charge in [0.2, 0.25) is 5.78 Å². The Morgan fingerprint density at radius 3 is 2.43 bits per heavy atom. The van der Waals surface area contributed by atoms with Crippen LogP contribution >= 0.6 is 0 Å². The summed E-state index contributed by atoms with van der Waals surface area (Å²) in [5, 5.41) is 2.63. The number of nitrogens with one attached hydrogen (secondary N) is 1. The molecular formula is C17H20N2O4. The van der Waals surface area contributed by atoms with Crippen molar-refractivity contribution in [1.82, 2.24) is 10.2 Å². The van der Waals surface area contributed by atoms with E-state index in [-0.39, 0.29) is 0 Å². The van der Waals surface area contributed by atoms with Gasteiger partial charge in [-0.25, -0.2) is 4.79 Å². The maximum absolute atomic E-state index is 12.7. The maximum Gasteiger partial charge on any atom is 0.414 e. The fourth-order valence-corrected chi connectivity index (χ4v) is 2.37. The summed E-state index contributed by atoms with van der Waals surface area (Å²) in [7, 11) is 1.23. The summed E-state index contributed by atoms with van der Waals surface area (Å²) in [6, 6.07) is 6.10. The summed E-state index contributed by atoms with van der Waals surface area (Å²) in [5.74, 6) is -1.44. The Morgan fingerprint density at radius 2 is 1.83 bits per heavy atom. The third-order valence-electron chi connectivity index (χ3n) is 3.33. The van der Waals surface area contributed by atoms with E-state index in [9.17, 15) is 14.4 Å². The molecule has 0 aliphatic carbocycles. The summed E-state index contributed by atoms with van der Waals surface area (Å²) in [4.78, 5) is 38.0. The average Bonchev–Trinajstić information content (AvgIpc) is 2.50. The van der Waals surface area contributed by atoms with Crippen molar-refractivity contribution in [2.75, 3.05) is 7.11 Å². The highest BCUT2D eigenvalue weighted by molar-refractivity contribution is 6.38. The molecule has 23 heavy (non-hydrogen) atoms. The molecule has 0 saturated carbocycles. The zero-order chi connectivity index (χ0) is 17.2. The van der Waals surface area contributed by atoms with Crippen LogP contribution in [0.2, 0.25) is 0 Å². The van der Waals surface area contributed by atoms with E-state index in [0.29, 0.717) is 5.56 Å². The van der Waals surface area contributed by atoms with Gasteiger partial charge < -0.3 is 10.1 Å². The molecule has 6 nitrogen and oxygen atoms in total. The zero-order valence-corrected chi connectivity index (χ0v) is 13.6. The van der Waals surface area contributed by atoms with Crippen LogP contribution in [0.1, 0.15) is 37.9 Å². The number of fused-ring (bicyclic) bond motifs is 1. The van der Waals surface area contributed by atoms with Gasteiger partial charge in [-0.1, -0.05) is 24.3 Å². The van der Waals surface area contributed by atoms with Crippen LogP contribution in [-0.2, 0) is 14.3 Å². The molecule has 2 rings (SSSR count). The van der Waals surface area contributed by atoms with E-state index in [4.69, 9.17) is 4.74 Å². The Labute approximate surface area is 135 Å². The summed E-state index contributed by atoms with van der Waals surface area (Å²) < 4.78 is 4.72. The molecule has 1 aromatic rings. The van der Waals surface area contributed by atoms with Gasteiger partial charge in [0.1, 0.15) is 6.04 Å². The highest BCUT2D eigenvalue weighted by atomic mass is 16.5. The van der Waals surface area contributed by atoms with E-state index >= 15 is 0 Å². The average molecular weight is 316 g/mol. The van der Waals surface area contributed by atoms with Gasteiger partial charge in [-0.2, -0.15) is 0 Å². The van der Waals surface area contributed by atoms with Crippen molar-refractivity contribution >= 4 is 23.9 Å². The van der Waals surface area contributed by atoms with Crippen LogP contribution in [0.25, 0.3) is 6.08 Å². The summed E-state index contributed by atoms with van der Waals surface area (Å²) in [6.45, 7) is 5.35. The Hall–Kier alpha value is -2.63. The number of carbonyl (C=O) groups excluding carboxylic acids is 3. The lowest BCUT2D eigenvalue weighted by molar-refractivity contribution is -0.141. The summed E-state index contributed by atoms with van der Waals surface area (Å²) in [6.07, 6.45) is 2.47.